The fraction of sp³-hybridized carbons (Fsp3) is 0.455. The smallest absolute Gasteiger partial charge is 0.407 e. The lowest BCUT2D eigenvalue weighted by Crippen LogP contribution is -2.58. The number of rotatable bonds is 14. The lowest BCUT2D eigenvalue weighted by atomic mass is 9.98. The van der Waals surface area contributed by atoms with Crippen molar-refractivity contribution in [3.63, 3.8) is 0 Å². The standard InChI is InChI=1S/C33H44N6O4/c1-6-7-9-13-24(4)33(36-21-19-23(2)3)30(41)39(31(34)38-33)28(26-17-18-26)16-12-20-35-29(40)27(37-32(42)43-5)22-25-14-10-8-11-15-25/h6-11,13-15,23,26-28,36H,4,12,16-18,20,22H2,1-3,5H3,(H2,34,38)(H,35,40)(H,37,42)/b7-6-,13-9-/t27-,28+,33+/m0/s1. The van der Waals surface area contributed by atoms with Gasteiger partial charge < -0.3 is 26.0 Å². The highest BCUT2D eigenvalue weighted by molar-refractivity contribution is 6.10. The number of amides is 3. The number of ether oxygens (including phenoxy) is 1. The first kappa shape index (κ1) is 33.0. The van der Waals surface area contributed by atoms with Crippen LogP contribution in [-0.4, -0.2) is 60.2 Å². The second kappa shape index (κ2) is 15.6. The van der Waals surface area contributed by atoms with E-state index in [9.17, 15) is 14.4 Å². The Kier molecular flexibility index (Phi) is 12.0. The van der Waals surface area contributed by atoms with E-state index in [0.29, 0.717) is 31.4 Å². The molecule has 1 aliphatic heterocycles. The Morgan fingerprint density at radius 1 is 1.26 bits per heavy atom. The summed E-state index contributed by atoms with van der Waals surface area (Å²) in [5.74, 6) is 2.74. The van der Waals surface area contributed by atoms with E-state index in [-0.39, 0.29) is 35.7 Å². The molecular weight excluding hydrogens is 544 g/mol. The summed E-state index contributed by atoms with van der Waals surface area (Å²) in [6.07, 6.45) is 9.98. The number of alkyl carbamates (subject to hydrolysis) is 1. The van der Waals surface area contributed by atoms with Gasteiger partial charge in [-0.1, -0.05) is 81.0 Å². The molecule has 3 amide bonds. The van der Waals surface area contributed by atoms with Gasteiger partial charge in [0.15, 0.2) is 0 Å². The maximum Gasteiger partial charge on any atom is 0.407 e. The average Bonchev–Trinajstić information content (AvgIpc) is 3.79. The summed E-state index contributed by atoms with van der Waals surface area (Å²) < 4.78 is 4.71. The molecule has 1 saturated carbocycles. The molecule has 3 rings (SSSR count). The van der Waals surface area contributed by atoms with Crippen LogP contribution in [0.5, 0.6) is 0 Å². The zero-order valence-electron chi connectivity index (χ0n) is 25.5. The summed E-state index contributed by atoms with van der Waals surface area (Å²) >= 11 is 0. The largest absolute Gasteiger partial charge is 0.453 e. The predicted molar refractivity (Wildman–Crippen MR) is 168 cm³/mol. The predicted octanol–water partition coefficient (Wildman–Crippen LogP) is 3.59. The molecule has 10 nitrogen and oxygen atoms in total. The Labute approximate surface area is 254 Å². The fourth-order valence-electron chi connectivity index (χ4n) is 4.92. The van der Waals surface area contributed by atoms with Gasteiger partial charge in [-0.15, -0.1) is 0 Å². The Balaban J connectivity index is 1.69. The fourth-order valence-corrected chi connectivity index (χ4v) is 4.92. The number of benzene rings is 1. The molecular formula is C33H44N6O4. The lowest BCUT2D eigenvalue weighted by Gasteiger charge is -2.30. The zero-order valence-corrected chi connectivity index (χ0v) is 25.5. The Bertz CT molecular complexity index is 1290. The van der Waals surface area contributed by atoms with Crippen molar-refractivity contribution in [1.29, 1.82) is 5.41 Å². The number of carbonyl (C=O) groups excluding carboxylic acids is 3. The van der Waals surface area contributed by atoms with E-state index in [1.165, 1.54) is 12.0 Å². The highest BCUT2D eigenvalue weighted by atomic mass is 16.5. The van der Waals surface area contributed by atoms with E-state index in [4.69, 9.17) is 10.1 Å². The van der Waals surface area contributed by atoms with Gasteiger partial charge in [0.1, 0.15) is 6.04 Å². The van der Waals surface area contributed by atoms with Crippen molar-refractivity contribution in [2.24, 2.45) is 11.8 Å². The molecule has 230 valence electrons. The van der Waals surface area contributed by atoms with Crippen molar-refractivity contribution in [1.82, 2.24) is 26.2 Å². The van der Waals surface area contributed by atoms with Crippen molar-refractivity contribution in [2.75, 3.05) is 13.7 Å². The van der Waals surface area contributed by atoms with Crippen LogP contribution in [0.1, 0.15) is 52.0 Å². The minimum atomic E-state index is -1.46. The van der Waals surface area contributed by atoms with Crippen molar-refractivity contribution >= 4 is 23.9 Å². The SMILES string of the molecule is C=C(/C=C\C=C/C)[C@@]1(NC#CC(C)C)NC(=N)N([C@H](CCCNC(=O)[C@H](Cc2ccccc2)NC(=O)OC)C2CC2)C1=O. The van der Waals surface area contributed by atoms with Gasteiger partial charge in [-0.2, -0.15) is 0 Å². The number of nitrogens with zero attached hydrogens (tertiary/aromatic N) is 1. The minimum Gasteiger partial charge on any atom is -0.453 e. The molecule has 3 atom stereocenters. The van der Waals surface area contributed by atoms with Crippen LogP contribution in [0.25, 0.3) is 0 Å². The van der Waals surface area contributed by atoms with E-state index in [0.717, 1.165) is 18.4 Å². The van der Waals surface area contributed by atoms with Gasteiger partial charge in [0.2, 0.25) is 17.5 Å². The number of hydrogen-bond acceptors (Lipinski definition) is 6. The third-order valence-corrected chi connectivity index (χ3v) is 7.33. The summed E-state index contributed by atoms with van der Waals surface area (Å²) in [6, 6.07) is 11.3. The van der Waals surface area contributed by atoms with Crippen LogP contribution in [0.15, 0.2) is 66.8 Å². The van der Waals surface area contributed by atoms with E-state index < -0.39 is 17.8 Å². The quantitative estimate of drug-likeness (QED) is 0.0976. The van der Waals surface area contributed by atoms with Crippen LogP contribution >= 0.6 is 0 Å². The van der Waals surface area contributed by atoms with Crippen molar-refractivity contribution in [2.45, 2.75) is 70.6 Å². The average molecular weight is 589 g/mol. The topological polar surface area (TPSA) is 136 Å². The zero-order chi connectivity index (χ0) is 31.4. The summed E-state index contributed by atoms with van der Waals surface area (Å²) in [5.41, 5.74) is -0.100. The van der Waals surface area contributed by atoms with Gasteiger partial charge in [-0.05, 0) is 44.1 Å². The monoisotopic (exact) mass is 588 g/mol. The molecule has 43 heavy (non-hydrogen) atoms. The second-order valence-corrected chi connectivity index (χ2v) is 11.1. The first-order valence-electron chi connectivity index (χ1n) is 14.8. The summed E-state index contributed by atoms with van der Waals surface area (Å²) in [5, 5.41) is 20.4. The Hall–Kier alpha value is -4.52. The van der Waals surface area contributed by atoms with Gasteiger partial charge in [-0.25, -0.2) is 4.79 Å². The van der Waals surface area contributed by atoms with Crippen LogP contribution in [0.4, 0.5) is 4.79 Å². The van der Waals surface area contributed by atoms with Gasteiger partial charge in [0.25, 0.3) is 5.91 Å². The molecule has 10 heteroatoms. The molecule has 1 aromatic carbocycles. The Morgan fingerprint density at radius 2 is 1.98 bits per heavy atom. The van der Waals surface area contributed by atoms with E-state index in [1.54, 1.807) is 12.2 Å². The van der Waals surface area contributed by atoms with E-state index >= 15 is 0 Å². The van der Waals surface area contributed by atoms with Crippen LogP contribution in [-0.2, 0) is 20.7 Å². The molecule has 0 radical (unpaired) electrons. The number of carbonyl (C=O) groups is 3. The second-order valence-electron chi connectivity index (χ2n) is 11.1. The number of nitrogens with one attached hydrogen (secondary N) is 5. The van der Waals surface area contributed by atoms with Gasteiger partial charge >= 0.3 is 6.09 Å². The Morgan fingerprint density at radius 3 is 2.60 bits per heavy atom. The summed E-state index contributed by atoms with van der Waals surface area (Å²) in [4.78, 5) is 40.5. The molecule has 0 bridgehead atoms. The van der Waals surface area contributed by atoms with Crippen LogP contribution in [0.3, 0.4) is 0 Å². The maximum atomic E-state index is 14.1. The molecule has 1 saturated heterocycles. The molecule has 1 aliphatic carbocycles. The highest BCUT2D eigenvalue weighted by Crippen LogP contribution is 2.40. The molecule has 5 N–H and O–H groups in total. The van der Waals surface area contributed by atoms with Crippen LogP contribution in [0, 0.1) is 29.2 Å². The molecule has 1 aromatic rings. The van der Waals surface area contributed by atoms with Crippen LogP contribution in [0.2, 0.25) is 0 Å². The summed E-state index contributed by atoms with van der Waals surface area (Å²) in [6.45, 7) is 10.3. The van der Waals surface area contributed by atoms with Crippen LogP contribution < -0.4 is 21.3 Å². The van der Waals surface area contributed by atoms with Gasteiger partial charge in [0.05, 0.1) is 7.11 Å². The number of hydrogen-bond donors (Lipinski definition) is 5. The highest BCUT2D eigenvalue weighted by Gasteiger charge is 2.55. The number of allylic oxidation sites excluding steroid dienone is 3. The van der Waals surface area contributed by atoms with Gasteiger partial charge in [-0.3, -0.25) is 19.9 Å². The van der Waals surface area contributed by atoms with Crippen molar-refractivity contribution in [3.05, 3.63) is 72.4 Å². The first-order valence-corrected chi connectivity index (χ1v) is 14.8. The van der Waals surface area contributed by atoms with E-state index in [2.05, 4.69) is 39.8 Å². The summed E-state index contributed by atoms with van der Waals surface area (Å²) in [7, 11) is 1.26. The third kappa shape index (κ3) is 8.98. The van der Waals surface area contributed by atoms with E-state index in [1.807, 2.05) is 63.3 Å². The minimum absolute atomic E-state index is 0.00410. The van der Waals surface area contributed by atoms with Gasteiger partial charge in [0, 0.05) is 36.5 Å². The molecule has 0 aromatic heterocycles. The van der Waals surface area contributed by atoms with Crippen molar-refractivity contribution in [3.8, 4) is 12.0 Å². The number of methoxy groups -OCH3 is 1. The van der Waals surface area contributed by atoms with Crippen molar-refractivity contribution < 1.29 is 19.1 Å². The molecule has 2 fully saturated rings. The number of guanidine groups is 1. The first-order chi connectivity index (χ1) is 20.6. The molecule has 0 spiro atoms. The molecule has 0 unspecified atom stereocenters. The molecule has 1 heterocycles. The third-order valence-electron chi connectivity index (χ3n) is 7.33. The normalized spacial score (nSPS) is 19.5. The maximum absolute atomic E-state index is 14.1. The molecule has 2 aliphatic rings. The lowest BCUT2D eigenvalue weighted by molar-refractivity contribution is -0.132.